The maximum absolute atomic E-state index is 5.97. The maximum Gasteiger partial charge on any atom is 0.191 e. The highest BCUT2D eigenvalue weighted by atomic mass is 16.5. The van der Waals surface area contributed by atoms with E-state index in [1.807, 2.05) is 0 Å². The lowest BCUT2D eigenvalue weighted by Gasteiger charge is -2.15. The van der Waals surface area contributed by atoms with Crippen LogP contribution in [0.2, 0.25) is 0 Å². The van der Waals surface area contributed by atoms with Crippen LogP contribution in [0.1, 0.15) is 55.0 Å². The molecule has 30 heavy (non-hydrogen) atoms. The van der Waals surface area contributed by atoms with Gasteiger partial charge in [0, 0.05) is 45.5 Å². The minimum Gasteiger partial charge on any atom is -0.493 e. The topological polar surface area (TPSA) is 72.7 Å². The third-order valence-electron chi connectivity index (χ3n) is 5.44. The van der Waals surface area contributed by atoms with Crippen LogP contribution in [0.25, 0.3) is 0 Å². The molecule has 7 heteroatoms. The van der Waals surface area contributed by atoms with Gasteiger partial charge in [-0.15, -0.1) is 0 Å². The monoisotopic (exact) mass is 413 g/mol. The number of hydrogen-bond acceptors (Lipinski definition) is 4. The van der Waals surface area contributed by atoms with Crippen LogP contribution >= 0.6 is 0 Å². The fourth-order valence-corrected chi connectivity index (χ4v) is 3.75. The van der Waals surface area contributed by atoms with Gasteiger partial charge in [0.15, 0.2) is 5.96 Å². The van der Waals surface area contributed by atoms with Crippen molar-refractivity contribution in [2.24, 2.45) is 4.99 Å². The number of aromatic nitrogens is 2. The summed E-state index contributed by atoms with van der Waals surface area (Å²) in [7, 11) is 3.49. The summed E-state index contributed by atoms with van der Waals surface area (Å²) in [5.41, 5.74) is 3.31. The van der Waals surface area contributed by atoms with Crippen LogP contribution in [-0.4, -0.2) is 43.1 Å². The maximum atomic E-state index is 5.97. The second kappa shape index (κ2) is 11.6. The minimum absolute atomic E-state index is 0.569. The fraction of sp³-hybridized carbons (Fsp3) is 0.565. The van der Waals surface area contributed by atoms with E-state index in [1.165, 1.54) is 31.2 Å². The van der Waals surface area contributed by atoms with Crippen LogP contribution in [0.4, 0.5) is 0 Å². The molecule has 1 heterocycles. The molecule has 7 nitrogen and oxygen atoms in total. The third-order valence-corrected chi connectivity index (χ3v) is 5.44. The second-order valence-corrected chi connectivity index (χ2v) is 7.81. The molecule has 0 radical (unpaired) electrons. The number of benzene rings is 1. The highest BCUT2D eigenvalue weighted by Crippen LogP contribution is 2.28. The van der Waals surface area contributed by atoms with E-state index in [0.717, 1.165) is 29.4 Å². The summed E-state index contributed by atoms with van der Waals surface area (Å²) in [6.45, 7) is 4.70. The molecule has 0 unspecified atom stereocenters. The Balaban J connectivity index is 1.50. The van der Waals surface area contributed by atoms with Crippen molar-refractivity contribution in [3.63, 3.8) is 0 Å². The first-order valence-electron chi connectivity index (χ1n) is 10.9. The van der Waals surface area contributed by atoms with Crippen molar-refractivity contribution in [3.05, 3.63) is 47.3 Å². The van der Waals surface area contributed by atoms with Gasteiger partial charge in [-0.25, -0.2) is 0 Å². The Morgan fingerprint density at radius 1 is 1.17 bits per heavy atom. The van der Waals surface area contributed by atoms with Gasteiger partial charge in [0.2, 0.25) is 0 Å². The molecule has 0 amide bonds. The number of ether oxygens (including phenoxy) is 2. The molecule has 1 aromatic heterocycles. The van der Waals surface area contributed by atoms with Gasteiger partial charge in [0.25, 0.3) is 0 Å². The number of hydrogen-bond donors (Lipinski definition) is 2. The van der Waals surface area contributed by atoms with Crippen LogP contribution < -0.4 is 15.4 Å². The molecule has 0 atom stereocenters. The predicted molar refractivity (Wildman–Crippen MR) is 120 cm³/mol. The molecule has 164 valence electrons. The van der Waals surface area contributed by atoms with Gasteiger partial charge in [-0.2, -0.15) is 5.10 Å². The summed E-state index contributed by atoms with van der Waals surface area (Å²) in [6, 6.07) is 8.94. The quantitative estimate of drug-likeness (QED) is 0.354. The highest BCUT2D eigenvalue weighted by molar-refractivity contribution is 5.79. The Bertz CT molecular complexity index is 812. The smallest absolute Gasteiger partial charge is 0.191 e. The van der Waals surface area contributed by atoms with E-state index < -0.39 is 0 Å². The normalized spacial score (nSPS) is 14.8. The van der Waals surface area contributed by atoms with Crippen molar-refractivity contribution >= 4 is 5.96 Å². The van der Waals surface area contributed by atoms with Crippen LogP contribution in [0, 0.1) is 6.92 Å². The third kappa shape index (κ3) is 6.49. The van der Waals surface area contributed by atoms with E-state index in [-0.39, 0.29) is 0 Å². The molecule has 1 aromatic carbocycles. The Hall–Kier alpha value is -2.54. The molecule has 0 bridgehead atoms. The van der Waals surface area contributed by atoms with E-state index in [4.69, 9.17) is 14.6 Å². The molecular formula is C23H35N5O2. The Labute approximate surface area is 179 Å². The van der Waals surface area contributed by atoms with Crippen LogP contribution in [0.5, 0.6) is 5.75 Å². The molecule has 2 aromatic rings. The van der Waals surface area contributed by atoms with Crippen molar-refractivity contribution < 1.29 is 9.47 Å². The van der Waals surface area contributed by atoms with Crippen LogP contribution in [-0.2, 0) is 17.8 Å². The zero-order chi connectivity index (χ0) is 21.2. The summed E-state index contributed by atoms with van der Waals surface area (Å²) in [5, 5.41) is 11.5. The van der Waals surface area contributed by atoms with Gasteiger partial charge >= 0.3 is 0 Å². The summed E-state index contributed by atoms with van der Waals surface area (Å²) >= 11 is 0. The van der Waals surface area contributed by atoms with E-state index in [0.29, 0.717) is 32.3 Å². The average molecular weight is 414 g/mol. The lowest BCUT2D eigenvalue weighted by molar-refractivity contribution is 0.171. The van der Waals surface area contributed by atoms with Crippen LogP contribution in [0.3, 0.4) is 0 Å². The Morgan fingerprint density at radius 2 is 1.97 bits per heavy atom. The van der Waals surface area contributed by atoms with Crippen molar-refractivity contribution in [1.29, 1.82) is 0 Å². The van der Waals surface area contributed by atoms with Crippen LogP contribution in [0.15, 0.2) is 35.5 Å². The molecule has 0 spiro atoms. The van der Waals surface area contributed by atoms with E-state index in [9.17, 15) is 0 Å². The first-order valence-corrected chi connectivity index (χ1v) is 10.9. The number of aryl methyl sites for hydroxylation is 1. The van der Waals surface area contributed by atoms with Crippen molar-refractivity contribution in [1.82, 2.24) is 20.4 Å². The first-order chi connectivity index (χ1) is 14.7. The number of aliphatic imine (C=N–C) groups is 1. The number of nitrogens with one attached hydrogen (secondary N) is 2. The Kier molecular flexibility index (Phi) is 8.56. The molecule has 3 rings (SSSR count). The molecule has 0 aliphatic heterocycles. The summed E-state index contributed by atoms with van der Waals surface area (Å²) in [5.74, 6) is 1.65. The van der Waals surface area contributed by atoms with E-state index >= 15 is 0 Å². The van der Waals surface area contributed by atoms with Crippen molar-refractivity contribution in [2.75, 3.05) is 27.4 Å². The second-order valence-electron chi connectivity index (χ2n) is 7.81. The zero-order valence-electron chi connectivity index (χ0n) is 18.5. The molecule has 2 N–H and O–H groups in total. The molecule has 0 saturated heterocycles. The van der Waals surface area contributed by atoms with Crippen molar-refractivity contribution in [2.45, 2.75) is 58.2 Å². The van der Waals surface area contributed by atoms with E-state index in [2.05, 4.69) is 57.7 Å². The average Bonchev–Trinajstić information content (AvgIpc) is 3.44. The highest BCUT2D eigenvalue weighted by Gasteiger charge is 2.17. The fourth-order valence-electron chi connectivity index (χ4n) is 3.75. The lowest BCUT2D eigenvalue weighted by atomic mass is 10.1. The lowest BCUT2D eigenvalue weighted by Crippen LogP contribution is -2.36. The van der Waals surface area contributed by atoms with E-state index in [1.54, 1.807) is 14.2 Å². The predicted octanol–water partition coefficient (Wildman–Crippen LogP) is 3.59. The zero-order valence-corrected chi connectivity index (χ0v) is 18.5. The van der Waals surface area contributed by atoms with Gasteiger partial charge in [-0.3, -0.25) is 9.67 Å². The number of guanidine groups is 1. The minimum atomic E-state index is 0.569. The Morgan fingerprint density at radius 3 is 2.73 bits per heavy atom. The molecule has 1 aliphatic carbocycles. The number of nitrogens with zero attached hydrogens (tertiary/aromatic N) is 3. The SMILES string of the molecule is CN=C(NCc1ccn(C2CCCC2)n1)NCc1ccc(C)cc1OCCCOC. The van der Waals surface area contributed by atoms with Gasteiger partial charge in [-0.1, -0.05) is 25.0 Å². The standard InChI is InChI=1S/C23H35N5O2/c1-18-9-10-19(22(15-18)30-14-6-13-29-3)16-25-23(24-2)26-17-20-11-12-28(27-20)21-7-4-5-8-21/h9-12,15,21H,4-8,13-14,16-17H2,1-3H3,(H2,24,25,26). The molecular weight excluding hydrogens is 378 g/mol. The van der Waals surface area contributed by atoms with Gasteiger partial charge in [0.05, 0.1) is 24.9 Å². The largest absolute Gasteiger partial charge is 0.493 e. The summed E-state index contributed by atoms with van der Waals surface area (Å²) in [6.07, 6.45) is 8.07. The number of rotatable bonds is 10. The number of methoxy groups -OCH3 is 1. The van der Waals surface area contributed by atoms with Crippen molar-refractivity contribution in [3.8, 4) is 5.75 Å². The molecule has 1 aliphatic rings. The molecule has 1 saturated carbocycles. The van der Waals surface area contributed by atoms with Gasteiger partial charge in [0.1, 0.15) is 5.75 Å². The molecule has 1 fully saturated rings. The van der Waals surface area contributed by atoms with Gasteiger partial charge < -0.3 is 20.1 Å². The summed E-state index contributed by atoms with van der Waals surface area (Å²) < 4.78 is 13.2. The van der Waals surface area contributed by atoms with Gasteiger partial charge in [-0.05, 0) is 37.5 Å². The summed E-state index contributed by atoms with van der Waals surface area (Å²) in [4.78, 5) is 4.34. The first kappa shape index (κ1) is 22.2.